The van der Waals surface area contributed by atoms with E-state index in [1.807, 2.05) is 6.07 Å². The SMILES string of the molecule is CN1CCN(Cc2cc(CN)co2)C1=O. The van der Waals surface area contributed by atoms with Crippen LogP contribution in [0.25, 0.3) is 0 Å². The lowest BCUT2D eigenvalue weighted by Gasteiger charge is -2.13. The third-order valence-corrected chi connectivity index (χ3v) is 2.59. The normalized spacial score (nSPS) is 16.5. The molecule has 0 atom stereocenters. The van der Waals surface area contributed by atoms with Gasteiger partial charge in [0.15, 0.2) is 0 Å². The van der Waals surface area contributed by atoms with Crippen LogP contribution in [-0.2, 0) is 13.1 Å². The van der Waals surface area contributed by atoms with Crippen LogP contribution in [0.4, 0.5) is 4.79 Å². The fraction of sp³-hybridized carbons (Fsp3) is 0.500. The fourth-order valence-corrected chi connectivity index (χ4v) is 1.65. The van der Waals surface area contributed by atoms with Gasteiger partial charge in [-0.1, -0.05) is 0 Å². The molecule has 1 fully saturated rings. The zero-order valence-electron chi connectivity index (χ0n) is 8.77. The quantitative estimate of drug-likeness (QED) is 0.793. The molecule has 0 unspecified atom stereocenters. The predicted octanol–water partition coefficient (Wildman–Crippen LogP) is 0.606. The number of hydrogen-bond acceptors (Lipinski definition) is 3. The third kappa shape index (κ3) is 1.97. The molecule has 2 rings (SSSR count). The molecule has 0 saturated carbocycles. The van der Waals surface area contributed by atoms with Crippen LogP contribution in [0.15, 0.2) is 16.7 Å². The maximum Gasteiger partial charge on any atom is 0.320 e. The summed E-state index contributed by atoms with van der Waals surface area (Å²) >= 11 is 0. The Morgan fingerprint density at radius 2 is 2.33 bits per heavy atom. The Balaban J connectivity index is 2.00. The van der Waals surface area contributed by atoms with Crippen molar-refractivity contribution in [3.8, 4) is 0 Å². The second-order valence-electron chi connectivity index (χ2n) is 3.75. The molecule has 2 N–H and O–H groups in total. The zero-order valence-corrected chi connectivity index (χ0v) is 8.77. The number of hydrogen-bond donors (Lipinski definition) is 1. The Labute approximate surface area is 88.4 Å². The standard InChI is InChI=1S/C10H15N3O2/c1-12-2-3-13(10(12)14)6-9-4-8(5-11)7-15-9/h4,7H,2-3,5-6,11H2,1H3. The highest BCUT2D eigenvalue weighted by Gasteiger charge is 2.25. The molecule has 0 bridgehead atoms. The number of nitrogens with zero attached hydrogens (tertiary/aromatic N) is 2. The van der Waals surface area contributed by atoms with Gasteiger partial charge in [-0.15, -0.1) is 0 Å². The van der Waals surface area contributed by atoms with E-state index in [2.05, 4.69) is 0 Å². The molecule has 0 aromatic carbocycles. The summed E-state index contributed by atoms with van der Waals surface area (Å²) in [6.07, 6.45) is 1.64. The summed E-state index contributed by atoms with van der Waals surface area (Å²) in [6.45, 7) is 2.54. The maximum atomic E-state index is 11.6. The van der Waals surface area contributed by atoms with Gasteiger partial charge in [0.05, 0.1) is 12.8 Å². The van der Waals surface area contributed by atoms with Gasteiger partial charge in [0, 0.05) is 32.2 Å². The Bertz CT molecular complexity index is 361. The van der Waals surface area contributed by atoms with Crippen LogP contribution in [0.5, 0.6) is 0 Å². The average Bonchev–Trinajstić information content (AvgIpc) is 2.80. The highest BCUT2D eigenvalue weighted by atomic mass is 16.3. The molecule has 5 heteroatoms. The Morgan fingerprint density at radius 3 is 2.87 bits per heavy atom. The Hall–Kier alpha value is -1.49. The first kappa shape index (κ1) is 10.0. The van der Waals surface area contributed by atoms with Gasteiger partial charge in [-0.2, -0.15) is 0 Å². The van der Waals surface area contributed by atoms with Crippen molar-refractivity contribution in [2.45, 2.75) is 13.1 Å². The molecule has 5 nitrogen and oxygen atoms in total. The van der Waals surface area contributed by atoms with Gasteiger partial charge >= 0.3 is 6.03 Å². The minimum absolute atomic E-state index is 0.0562. The number of carbonyl (C=O) groups is 1. The van der Waals surface area contributed by atoms with Crippen LogP contribution in [0.3, 0.4) is 0 Å². The molecule has 82 valence electrons. The highest BCUT2D eigenvalue weighted by Crippen LogP contribution is 2.14. The number of amides is 2. The van der Waals surface area contributed by atoms with E-state index in [1.165, 1.54) is 0 Å². The van der Waals surface area contributed by atoms with Crippen molar-refractivity contribution in [3.05, 3.63) is 23.7 Å². The van der Waals surface area contributed by atoms with Crippen LogP contribution in [0, 0.1) is 0 Å². The average molecular weight is 209 g/mol. The van der Waals surface area contributed by atoms with Crippen molar-refractivity contribution in [3.63, 3.8) is 0 Å². The third-order valence-electron chi connectivity index (χ3n) is 2.59. The van der Waals surface area contributed by atoms with Crippen molar-refractivity contribution >= 4 is 6.03 Å². The maximum absolute atomic E-state index is 11.6. The first-order valence-corrected chi connectivity index (χ1v) is 4.97. The van der Waals surface area contributed by atoms with Crippen molar-refractivity contribution < 1.29 is 9.21 Å². The van der Waals surface area contributed by atoms with Gasteiger partial charge in [0.1, 0.15) is 5.76 Å². The molecule has 1 aromatic heterocycles. The van der Waals surface area contributed by atoms with Gasteiger partial charge in [-0.25, -0.2) is 4.79 Å². The number of furan rings is 1. The van der Waals surface area contributed by atoms with E-state index >= 15 is 0 Å². The van der Waals surface area contributed by atoms with Crippen LogP contribution >= 0.6 is 0 Å². The van der Waals surface area contributed by atoms with Crippen molar-refractivity contribution in [1.29, 1.82) is 0 Å². The van der Waals surface area contributed by atoms with E-state index in [4.69, 9.17) is 10.2 Å². The minimum atomic E-state index is 0.0562. The van der Waals surface area contributed by atoms with E-state index in [1.54, 1.807) is 23.1 Å². The first-order chi connectivity index (χ1) is 7.20. The zero-order chi connectivity index (χ0) is 10.8. The second-order valence-corrected chi connectivity index (χ2v) is 3.75. The molecule has 2 heterocycles. The molecule has 1 aromatic rings. The molecule has 15 heavy (non-hydrogen) atoms. The lowest BCUT2D eigenvalue weighted by molar-refractivity contribution is 0.193. The fourth-order valence-electron chi connectivity index (χ4n) is 1.65. The Morgan fingerprint density at radius 1 is 1.53 bits per heavy atom. The largest absolute Gasteiger partial charge is 0.467 e. The minimum Gasteiger partial charge on any atom is -0.467 e. The van der Waals surface area contributed by atoms with E-state index in [9.17, 15) is 4.79 Å². The molecular formula is C10H15N3O2. The van der Waals surface area contributed by atoms with E-state index < -0.39 is 0 Å². The Kier molecular flexibility index (Phi) is 2.64. The second kappa shape index (κ2) is 3.94. The molecule has 1 saturated heterocycles. The van der Waals surface area contributed by atoms with Crippen molar-refractivity contribution in [2.24, 2.45) is 5.73 Å². The van der Waals surface area contributed by atoms with Gasteiger partial charge in [-0.05, 0) is 6.07 Å². The summed E-state index contributed by atoms with van der Waals surface area (Å²) in [4.78, 5) is 15.0. The van der Waals surface area contributed by atoms with Crippen LogP contribution in [-0.4, -0.2) is 36.0 Å². The summed E-state index contributed by atoms with van der Waals surface area (Å²) < 4.78 is 5.31. The lowest BCUT2D eigenvalue weighted by atomic mass is 10.3. The first-order valence-electron chi connectivity index (χ1n) is 4.97. The van der Waals surface area contributed by atoms with Crippen molar-refractivity contribution in [1.82, 2.24) is 9.80 Å². The molecule has 0 aliphatic carbocycles. The number of likely N-dealkylation sites (N-methyl/N-ethyl adjacent to an activating group) is 1. The van der Waals surface area contributed by atoms with Crippen LogP contribution in [0.1, 0.15) is 11.3 Å². The summed E-state index contributed by atoms with van der Waals surface area (Å²) in [5, 5.41) is 0. The number of urea groups is 1. The summed E-state index contributed by atoms with van der Waals surface area (Å²) in [5.74, 6) is 0.791. The summed E-state index contributed by atoms with van der Waals surface area (Å²) in [6, 6.07) is 1.95. The van der Waals surface area contributed by atoms with E-state index in [-0.39, 0.29) is 6.03 Å². The molecule has 0 radical (unpaired) electrons. The topological polar surface area (TPSA) is 62.7 Å². The molecular weight excluding hydrogens is 194 g/mol. The highest BCUT2D eigenvalue weighted by molar-refractivity contribution is 5.76. The predicted molar refractivity (Wildman–Crippen MR) is 55.0 cm³/mol. The molecule has 1 aliphatic rings. The van der Waals surface area contributed by atoms with Crippen molar-refractivity contribution in [2.75, 3.05) is 20.1 Å². The lowest BCUT2D eigenvalue weighted by Crippen LogP contribution is -2.28. The smallest absolute Gasteiger partial charge is 0.320 e. The van der Waals surface area contributed by atoms with E-state index in [0.717, 1.165) is 24.4 Å². The number of carbonyl (C=O) groups excluding carboxylic acids is 1. The monoisotopic (exact) mass is 209 g/mol. The summed E-state index contributed by atoms with van der Waals surface area (Å²) in [5.41, 5.74) is 6.43. The number of rotatable bonds is 3. The number of nitrogens with two attached hydrogens (primary N) is 1. The summed E-state index contributed by atoms with van der Waals surface area (Å²) in [7, 11) is 1.80. The molecule has 2 amide bonds. The van der Waals surface area contributed by atoms with E-state index in [0.29, 0.717) is 13.1 Å². The van der Waals surface area contributed by atoms with Crippen LogP contribution in [0.2, 0.25) is 0 Å². The van der Waals surface area contributed by atoms with Crippen LogP contribution < -0.4 is 5.73 Å². The van der Waals surface area contributed by atoms with Gasteiger partial charge in [0.2, 0.25) is 0 Å². The van der Waals surface area contributed by atoms with Gasteiger partial charge < -0.3 is 20.0 Å². The molecule has 1 aliphatic heterocycles. The molecule has 0 spiro atoms. The van der Waals surface area contributed by atoms with Gasteiger partial charge in [-0.3, -0.25) is 0 Å². The van der Waals surface area contributed by atoms with Gasteiger partial charge in [0.25, 0.3) is 0 Å².